The van der Waals surface area contributed by atoms with Crippen LogP contribution in [0.15, 0.2) is 204 Å². The van der Waals surface area contributed by atoms with Gasteiger partial charge >= 0.3 is 0 Å². The first kappa shape index (κ1) is 22.7. The van der Waals surface area contributed by atoms with Gasteiger partial charge in [0.2, 0.25) is 0 Å². The molecule has 0 N–H and O–H groups in total. The van der Waals surface area contributed by atoms with Gasteiger partial charge in [-0.05, 0) is 103 Å². The SMILES string of the molecule is [2H]c1c([2H])c(N(c2cccc(-c3cccc4oc5ccccc5c34)c2)c2c([2H])c([2H])c(-c3cccc4ccccc34)c([2H])c2[2H])c([2H])c([2H])c1-c1cccc2ccccc12. The molecule has 1 heterocycles. The lowest BCUT2D eigenvalue weighted by molar-refractivity contribution is 0.669. The highest BCUT2D eigenvalue weighted by atomic mass is 16.3. The van der Waals surface area contributed by atoms with Crippen molar-refractivity contribution in [1.82, 2.24) is 0 Å². The molecule has 0 radical (unpaired) electrons. The Morgan fingerprint density at radius 1 is 0.365 bits per heavy atom. The summed E-state index contributed by atoms with van der Waals surface area (Å²) in [6, 6.07) is 44.1. The maximum Gasteiger partial charge on any atom is 0.136 e. The summed E-state index contributed by atoms with van der Waals surface area (Å²) in [6.45, 7) is 0. The number of fused-ring (bicyclic) bond motifs is 5. The Hall–Kier alpha value is -6.90. The summed E-state index contributed by atoms with van der Waals surface area (Å²) in [5.41, 5.74) is 4.15. The second-order valence-corrected chi connectivity index (χ2v) is 12.7. The summed E-state index contributed by atoms with van der Waals surface area (Å²) in [5.74, 6) is 0. The molecule has 1 aromatic heterocycles. The summed E-state index contributed by atoms with van der Waals surface area (Å²) < 4.78 is 82.4. The second-order valence-electron chi connectivity index (χ2n) is 12.7. The molecule has 0 aliphatic carbocycles. The van der Waals surface area contributed by atoms with Gasteiger partial charge in [-0.15, -0.1) is 0 Å². The number of rotatable bonds is 6. The van der Waals surface area contributed by atoms with Gasteiger partial charge in [0.1, 0.15) is 11.2 Å². The first-order chi connectivity index (χ1) is 29.1. The molecular weight excluding hydrogens is 631 g/mol. The molecule has 0 aliphatic rings. The fourth-order valence-electron chi connectivity index (χ4n) is 7.19. The third-order valence-corrected chi connectivity index (χ3v) is 9.61. The highest BCUT2D eigenvalue weighted by molar-refractivity contribution is 6.12. The Labute approximate surface area is 313 Å². The largest absolute Gasteiger partial charge is 0.456 e. The lowest BCUT2D eigenvalue weighted by atomic mass is 9.97. The van der Waals surface area contributed by atoms with Crippen LogP contribution < -0.4 is 4.90 Å². The second kappa shape index (κ2) is 12.5. The number of nitrogens with zero attached hydrogens (tertiary/aromatic N) is 1. The molecule has 52 heavy (non-hydrogen) atoms. The lowest BCUT2D eigenvalue weighted by Gasteiger charge is -2.26. The van der Waals surface area contributed by atoms with Crippen LogP contribution in [0, 0.1) is 0 Å². The Kier molecular flexibility index (Phi) is 5.45. The summed E-state index contributed by atoms with van der Waals surface area (Å²) in [4.78, 5) is 1.36. The predicted octanol–water partition coefficient (Wildman–Crippen LogP) is 14.4. The molecule has 244 valence electrons. The molecule has 0 aliphatic heterocycles. The van der Waals surface area contributed by atoms with E-state index < -0.39 is 24.2 Å². The monoisotopic (exact) mass is 671 g/mol. The fourth-order valence-corrected chi connectivity index (χ4v) is 7.19. The Morgan fingerprint density at radius 3 is 1.48 bits per heavy atom. The van der Waals surface area contributed by atoms with Crippen molar-refractivity contribution in [2.75, 3.05) is 4.90 Å². The normalized spacial score (nSPS) is 13.6. The van der Waals surface area contributed by atoms with E-state index in [0.717, 1.165) is 49.0 Å². The number of hydrogen-bond acceptors (Lipinski definition) is 2. The molecule has 2 nitrogen and oxygen atoms in total. The van der Waals surface area contributed by atoms with E-state index in [2.05, 4.69) is 0 Å². The van der Waals surface area contributed by atoms with Crippen molar-refractivity contribution in [2.24, 2.45) is 0 Å². The van der Waals surface area contributed by atoms with Crippen LogP contribution >= 0.6 is 0 Å². The molecule has 0 amide bonds. The van der Waals surface area contributed by atoms with Gasteiger partial charge < -0.3 is 9.32 Å². The van der Waals surface area contributed by atoms with Crippen molar-refractivity contribution in [2.45, 2.75) is 0 Å². The van der Waals surface area contributed by atoms with Crippen molar-refractivity contribution in [1.29, 1.82) is 0 Å². The molecule has 0 saturated carbocycles. The van der Waals surface area contributed by atoms with Crippen molar-refractivity contribution >= 4 is 60.5 Å². The zero-order chi connectivity index (χ0) is 41.4. The summed E-state index contributed by atoms with van der Waals surface area (Å²) in [6.07, 6.45) is 0. The van der Waals surface area contributed by atoms with Crippen LogP contribution in [0.2, 0.25) is 0 Å². The maximum atomic E-state index is 9.61. The highest BCUT2D eigenvalue weighted by Crippen LogP contribution is 2.42. The van der Waals surface area contributed by atoms with Gasteiger partial charge in [0.25, 0.3) is 0 Å². The van der Waals surface area contributed by atoms with Gasteiger partial charge in [0.05, 0.1) is 11.0 Å². The van der Waals surface area contributed by atoms with Gasteiger partial charge in [0.15, 0.2) is 0 Å². The average Bonchev–Trinajstić information content (AvgIpc) is 3.67. The van der Waals surface area contributed by atoms with Gasteiger partial charge in [-0.2, -0.15) is 0 Å². The minimum absolute atomic E-state index is 0.114. The van der Waals surface area contributed by atoms with Gasteiger partial charge in [0, 0.05) is 27.8 Å². The smallest absolute Gasteiger partial charge is 0.136 e. The van der Waals surface area contributed by atoms with Crippen LogP contribution in [0.1, 0.15) is 11.0 Å². The average molecular weight is 672 g/mol. The third kappa shape index (κ3) is 5.12. The molecule has 10 aromatic rings. The molecule has 0 bridgehead atoms. The van der Waals surface area contributed by atoms with E-state index in [9.17, 15) is 11.0 Å². The predicted molar refractivity (Wildman–Crippen MR) is 220 cm³/mol. The van der Waals surface area contributed by atoms with E-state index in [4.69, 9.17) is 4.42 Å². The first-order valence-corrected chi connectivity index (χ1v) is 17.1. The van der Waals surface area contributed by atoms with E-state index in [1.807, 2.05) is 127 Å². The Balaban J connectivity index is 1.26. The molecular formula is C50H33NO. The first-order valence-electron chi connectivity index (χ1n) is 21.1. The molecule has 0 atom stereocenters. The van der Waals surface area contributed by atoms with Crippen molar-refractivity contribution in [3.05, 3.63) is 200 Å². The highest BCUT2D eigenvalue weighted by Gasteiger charge is 2.17. The third-order valence-electron chi connectivity index (χ3n) is 9.61. The number of benzene rings is 9. The standard InChI is InChI=1S/C50H33NO/c1-3-17-42-34(11-1)13-8-20-44(42)36-25-29-39(30-26-36)51(40-31-27-37(28-32-40)45-21-9-14-35-12-2-4-18-43(35)45)41-16-7-15-38(33-41)46-22-10-24-49-50(46)47-19-5-6-23-48(47)52-49/h1-33H/i25D,26D,27D,28D,29D,30D,31D,32D. The van der Waals surface area contributed by atoms with Crippen LogP contribution in [0.25, 0.3) is 76.9 Å². The summed E-state index contributed by atoms with van der Waals surface area (Å²) >= 11 is 0. The van der Waals surface area contributed by atoms with Gasteiger partial charge in [-0.3, -0.25) is 0 Å². The quantitative estimate of drug-likeness (QED) is 0.175. The van der Waals surface area contributed by atoms with Crippen LogP contribution in [0.5, 0.6) is 0 Å². The zero-order valence-electron chi connectivity index (χ0n) is 35.8. The minimum Gasteiger partial charge on any atom is -0.456 e. The van der Waals surface area contributed by atoms with E-state index in [1.165, 1.54) is 4.90 Å². The number of furan rings is 1. The molecule has 0 unspecified atom stereocenters. The van der Waals surface area contributed by atoms with Crippen LogP contribution in [-0.4, -0.2) is 0 Å². The van der Waals surface area contributed by atoms with Crippen molar-refractivity contribution in [3.8, 4) is 33.4 Å². The van der Waals surface area contributed by atoms with Gasteiger partial charge in [-0.1, -0.05) is 152 Å². The van der Waals surface area contributed by atoms with Crippen LogP contribution in [0.3, 0.4) is 0 Å². The molecule has 0 spiro atoms. The minimum atomic E-state index is -0.401. The van der Waals surface area contributed by atoms with E-state index in [1.54, 1.807) is 24.3 Å². The van der Waals surface area contributed by atoms with Crippen molar-refractivity contribution < 1.29 is 15.4 Å². The number of anilines is 3. The van der Waals surface area contributed by atoms with Gasteiger partial charge in [-0.25, -0.2) is 0 Å². The fraction of sp³-hybridized carbons (Fsp3) is 0. The van der Waals surface area contributed by atoms with E-state index in [-0.39, 0.29) is 46.7 Å². The molecule has 10 rings (SSSR count). The Morgan fingerprint density at radius 2 is 0.846 bits per heavy atom. The summed E-state index contributed by atoms with van der Waals surface area (Å²) in [5, 5.41) is 5.08. The van der Waals surface area contributed by atoms with E-state index >= 15 is 0 Å². The van der Waals surface area contributed by atoms with Crippen LogP contribution in [0.4, 0.5) is 17.1 Å². The summed E-state index contributed by atoms with van der Waals surface area (Å²) in [7, 11) is 0. The molecule has 0 saturated heterocycles. The molecule has 2 heteroatoms. The van der Waals surface area contributed by atoms with E-state index in [0.29, 0.717) is 22.4 Å². The molecule has 0 fully saturated rings. The molecule has 9 aromatic carbocycles. The van der Waals surface area contributed by atoms with Crippen LogP contribution in [-0.2, 0) is 0 Å². The number of para-hydroxylation sites is 1. The topological polar surface area (TPSA) is 16.4 Å². The lowest BCUT2D eigenvalue weighted by Crippen LogP contribution is -2.10. The Bertz CT molecular complexity index is 3180. The number of hydrogen-bond donors (Lipinski definition) is 0. The maximum absolute atomic E-state index is 9.61. The zero-order valence-corrected chi connectivity index (χ0v) is 27.8. The van der Waals surface area contributed by atoms with Crippen molar-refractivity contribution in [3.63, 3.8) is 0 Å².